The van der Waals surface area contributed by atoms with Gasteiger partial charge >= 0.3 is 0 Å². The Bertz CT molecular complexity index is 551. The van der Waals surface area contributed by atoms with Crippen molar-refractivity contribution in [2.24, 2.45) is 5.73 Å². The van der Waals surface area contributed by atoms with Gasteiger partial charge in [0.1, 0.15) is 11.5 Å². The fraction of sp³-hybridized carbons (Fsp3) is 0.333. The molecular weight excluding hydrogens is 262 g/mol. The second kappa shape index (κ2) is 7.70. The van der Waals surface area contributed by atoms with Gasteiger partial charge < -0.3 is 15.2 Å². The molecule has 2 N–H and O–H groups in total. The Morgan fingerprint density at radius 3 is 2.29 bits per heavy atom. The Hall–Kier alpha value is -2.00. The molecule has 0 aromatic heterocycles. The molecule has 1 atom stereocenters. The molecular formula is C18H23NO2. The molecule has 0 heterocycles. The Balaban J connectivity index is 1.84. The van der Waals surface area contributed by atoms with Gasteiger partial charge in [-0.3, -0.25) is 0 Å². The summed E-state index contributed by atoms with van der Waals surface area (Å²) in [5.41, 5.74) is 8.74. The highest BCUT2D eigenvalue weighted by molar-refractivity contribution is 5.29. The summed E-state index contributed by atoms with van der Waals surface area (Å²) in [6.07, 6.45) is 2.81. The van der Waals surface area contributed by atoms with E-state index < -0.39 is 0 Å². The first-order chi connectivity index (χ1) is 10.2. The molecule has 2 aromatic rings. The van der Waals surface area contributed by atoms with E-state index in [4.69, 9.17) is 15.2 Å². The Morgan fingerprint density at radius 2 is 1.62 bits per heavy atom. The normalized spacial score (nSPS) is 12.0. The molecule has 0 aliphatic rings. The number of hydrogen-bond donors (Lipinski definition) is 1. The highest BCUT2D eigenvalue weighted by atomic mass is 16.5. The average Bonchev–Trinajstić information content (AvgIpc) is 2.53. The van der Waals surface area contributed by atoms with Gasteiger partial charge in [0, 0.05) is 6.04 Å². The van der Waals surface area contributed by atoms with Crippen molar-refractivity contribution in [2.45, 2.75) is 25.3 Å². The second-order valence-corrected chi connectivity index (χ2v) is 5.20. The van der Waals surface area contributed by atoms with E-state index in [0.717, 1.165) is 30.8 Å². The standard InChI is InChI=1S/C18H23NO2/c1-20-17-10-7-14(8-11-17)6-9-16(19)12-15-4-3-5-18(13-15)21-2/h3-5,7-8,10-11,13,16H,6,9,12,19H2,1-2H3. The van der Waals surface area contributed by atoms with Crippen molar-refractivity contribution in [3.8, 4) is 11.5 Å². The maximum absolute atomic E-state index is 6.24. The van der Waals surface area contributed by atoms with Gasteiger partial charge in [-0.25, -0.2) is 0 Å². The zero-order valence-corrected chi connectivity index (χ0v) is 12.7. The minimum absolute atomic E-state index is 0.152. The second-order valence-electron chi connectivity index (χ2n) is 5.20. The van der Waals surface area contributed by atoms with Gasteiger partial charge in [0.05, 0.1) is 14.2 Å². The van der Waals surface area contributed by atoms with Crippen LogP contribution in [0.1, 0.15) is 17.5 Å². The first-order valence-corrected chi connectivity index (χ1v) is 7.22. The lowest BCUT2D eigenvalue weighted by molar-refractivity contribution is 0.414. The van der Waals surface area contributed by atoms with Crippen LogP contribution in [-0.2, 0) is 12.8 Å². The van der Waals surface area contributed by atoms with E-state index in [-0.39, 0.29) is 6.04 Å². The van der Waals surface area contributed by atoms with E-state index in [1.54, 1.807) is 14.2 Å². The van der Waals surface area contributed by atoms with Crippen LogP contribution in [0, 0.1) is 0 Å². The maximum atomic E-state index is 6.24. The fourth-order valence-electron chi connectivity index (χ4n) is 2.35. The number of nitrogens with two attached hydrogens (primary N) is 1. The number of aryl methyl sites for hydroxylation is 1. The highest BCUT2D eigenvalue weighted by Crippen LogP contribution is 2.16. The fourth-order valence-corrected chi connectivity index (χ4v) is 2.35. The summed E-state index contributed by atoms with van der Waals surface area (Å²) >= 11 is 0. The molecule has 0 aliphatic heterocycles. The molecule has 3 nitrogen and oxygen atoms in total. The average molecular weight is 285 g/mol. The van der Waals surface area contributed by atoms with Crippen LogP contribution in [0.2, 0.25) is 0 Å². The molecule has 21 heavy (non-hydrogen) atoms. The highest BCUT2D eigenvalue weighted by Gasteiger charge is 2.06. The minimum Gasteiger partial charge on any atom is -0.497 e. The van der Waals surface area contributed by atoms with E-state index in [2.05, 4.69) is 18.2 Å². The summed E-state index contributed by atoms with van der Waals surface area (Å²) in [6.45, 7) is 0. The molecule has 112 valence electrons. The Labute approximate surface area is 126 Å². The summed E-state index contributed by atoms with van der Waals surface area (Å²) in [6, 6.07) is 16.4. The summed E-state index contributed by atoms with van der Waals surface area (Å²) in [7, 11) is 3.36. The van der Waals surface area contributed by atoms with Crippen LogP contribution in [0.25, 0.3) is 0 Å². The monoisotopic (exact) mass is 285 g/mol. The van der Waals surface area contributed by atoms with Crippen molar-refractivity contribution in [2.75, 3.05) is 14.2 Å². The predicted molar refractivity (Wildman–Crippen MR) is 86.0 cm³/mol. The van der Waals surface area contributed by atoms with E-state index in [1.807, 2.05) is 30.3 Å². The lowest BCUT2D eigenvalue weighted by Crippen LogP contribution is -2.23. The van der Waals surface area contributed by atoms with E-state index in [0.29, 0.717) is 0 Å². The molecule has 0 saturated carbocycles. The zero-order valence-electron chi connectivity index (χ0n) is 12.7. The summed E-state index contributed by atoms with van der Waals surface area (Å²) in [5, 5.41) is 0. The minimum atomic E-state index is 0.152. The molecule has 0 amide bonds. The van der Waals surface area contributed by atoms with Gasteiger partial charge in [-0.05, 0) is 54.7 Å². The predicted octanol–water partition coefficient (Wildman–Crippen LogP) is 3.21. The van der Waals surface area contributed by atoms with Crippen LogP contribution in [0.3, 0.4) is 0 Å². The number of methoxy groups -OCH3 is 2. The van der Waals surface area contributed by atoms with Gasteiger partial charge in [0.25, 0.3) is 0 Å². The molecule has 0 aliphatic carbocycles. The van der Waals surface area contributed by atoms with E-state index >= 15 is 0 Å². The van der Waals surface area contributed by atoms with Crippen molar-refractivity contribution < 1.29 is 9.47 Å². The lowest BCUT2D eigenvalue weighted by atomic mass is 9.99. The first-order valence-electron chi connectivity index (χ1n) is 7.22. The number of hydrogen-bond acceptors (Lipinski definition) is 3. The van der Waals surface area contributed by atoms with Gasteiger partial charge in [-0.15, -0.1) is 0 Å². The third kappa shape index (κ3) is 4.80. The lowest BCUT2D eigenvalue weighted by Gasteiger charge is -2.12. The van der Waals surface area contributed by atoms with Crippen LogP contribution < -0.4 is 15.2 Å². The largest absolute Gasteiger partial charge is 0.497 e. The Kier molecular flexibility index (Phi) is 5.64. The van der Waals surface area contributed by atoms with Gasteiger partial charge in [-0.2, -0.15) is 0 Å². The van der Waals surface area contributed by atoms with Crippen LogP contribution in [0.4, 0.5) is 0 Å². The third-order valence-electron chi connectivity index (χ3n) is 3.59. The van der Waals surface area contributed by atoms with Crippen LogP contribution >= 0.6 is 0 Å². The molecule has 2 aromatic carbocycles. The maximum Gasteiger partial charge on any atom is 0.119 e. The molecule has 0 radical (unpaired) electrons. The number of ether oxygens (including phenoxy) is 2. The van der Waals surface area contributed by atoms with E-state index in [1.165, 1.54) is 11.1 Å². The SMILES string of the molecule is COc1ccc(CCC(N)Cc2cccc(OC)c2)cc1. The summed E-state index contributed by atoms with van der Waals surface area (Å²) in [4.78, 5) is 0. The first kappa shape index (κ1) is 15.4. The van der Waals surface area contributed by atoms with E-state index in [9.17, 15) is 0 Å². The number of rotatable bonds is 7. The summed E-state index contributed by atoms with van der Waals surface area (Å²) < 4.78 is 10.4. The molecule has 0 saturated heterocycles. The van der Waals surface area contributed by atoms with Gasteiger partial charge in [0.2, 0.25) is 0 Å². The zero-order chi connectivity index (χ0) is 15.1. The van der Waals surface area contributed by atoms with Crippen molar-refractivity contribution in [1.82, 2.24) is 0 Å². The molecule has 3 heteroatoms. The third-order valence-corrected chi connectivity index (χ3v) is 3.59. The van der Waals surface area contributed by atoms with Crippen molar-refractivity contribution in [3.05, 3.63) is 59.7 Å². The van der Waals surface area contributed by atoms with Crippen LogP contribution in [0.5, 0.6) is 11.5 Å². The van der Waals surface area contributed by atoms with Crippen molar-refractivity contribution in [3.63, 3.8) is 0 Å². The van der Waals surface area contributed by atoms with Gasteiger partial charge in [-0.1, -0.05) is 24.3 Å². The topological polar surface area (TPSA) is 44.5 Å². The molecule has 0 spiro atoms. The van der Waals surface area contributed by atoms with Crippen LogP contribution in [0.15, 0.2) is 48.5 Å². The molecule has 0 bridgehead atoms. The number of benzene rings is 2. The van der Waals surface area contributed by atoms with Gasteiger partial charge in [0.15, 0.2) is 0 Å². The molecule has 0 fully saturated rings. The van der Waals surface area contributed by atoms with Crippen molar-refractivity contribution in [1.29, 1.82) is 0 Å². The molecule has 1 unspecified atom stereocenters. The Morgan fingerprint density at radius 1 is 0.905 bits per heavy atom. The molecule has 2 rings (SSSR count). The quantitative estimate of drug-likeness (QED) is 0.849. The summed E-state index contributed by atoms with van der Waals surface area (Å²) in [5.74, 6) is 1.77. The smallest absolute Gasteiger partial charge is 0.119 e. The van der Waals surface area contributed by atoms with Crippen LogP contribution in [-0.4, -0.2) is 20.3 Å². The van der Waals surface area contributed by atoms with Crippen molar-refractivity contribution >= 4 is 0 Å².